The third kappa shape index (κ3) is 3.41. The van der Waals surface area contributed by atoms with E-state index in [2.05, 4.69) is 41.1 Å². The van der Waals surface area contributed by atoms with Gasteiger partial charge in [-0.15, -0.1) is 0 Å². The van der Waals surface area contributed by atoms with Gasteiger partial charge in [0, 0.05) is 17.8 Å². The number of nitrogens with zero attached hydrogens (tertiary/aromatic N) is 2. The molecule has 20 heavy (non-hydrogen) atoms. The molecule has 0 fully saturated rings. The Morgan fingerprint density at radius 1 is 1.20 bits per heavy atom. The maximum Gasteiger partial charge on any atom is 0.0762 e. The number of halogens is 1. The van der Waals surface area contributed by atoms with Crippen molar-refractivity contribution in [3.63, 3.8) is 0 Å². The zero-order valence-electron chi connectivity index (χ0n) is 12.1. The minimum absolute atomic E-state index is 0.0951. The average molecular weight is 292 g/mol. The van der Waals surface area contributed by atoms with Gasteiger partial charge in [0.05, 0.1) is 11.7 Å². The number of hydrogen-bond acceptors (Lipinski definition) is 2. The van der Waals surface area contributed by atoms with E-state index in [9.17, 15) is 0 Å². The molecule has 0 aliphatic carbocycles. The molecule has 108 valence electrons. The van der Waals surface area contributed by atoms with E-state index in [-0.39, 0.29) is 6.04 Å². The molecule has 1 N–H and O–H groups in total. The maximum atomic E-state index is 6.37. The summed E-state index contributed by atoms with van der Waals surface area (Å²) in [6.45, 7) is 6.21. The lowest BCUT2D eigenvalue weighted by Crippen LogP contribution is -2.26. The molecule has 0 aliphatic rings. The standard InChI is InChI=1S/C16H22ClN3/c1-3-10-18-16(13-7-5-6-8-14(13)17)15-9-11-19-20(15)12-4-2/h5-9,11,16,18H,3-4,10,12H2,1-2H3. The molecule has 0 amide bonds. The molecule has 1 unspecified atom stereocenters. The van der Waals surface area contributed by atoms with Crippen LogP contribution in [0.1, 0.15) is 44.0 Å². The van der Waals surface area contributed by atoms with Crippen LogP contribution in [0.15, 0.2) is 36.5 Å². The third-order valence-electron chi connectivity index (χ3n) is 3.30. The van der Waals surface area contributed by atoms with Gasteiger partial charge in [0.25, 0.3) is 0 Å². The van der Waals surface area contributed by atoms with Crippen molar-refractivity contribution in [2.24, 2.45) is 0 Å². The van der Waals surface area contributed by atoms with Gasteiger partial charge in [-0.05, 0) is 37.1 Å². The van der Waals surface area contributed by atoms with Crippen LogP contribution in [0.3, 0.4) is 0 Å². The average Bonchev–Trinajstić information content (AvgIpc) is 2.90. The molecule has 1 atom stereocenters. The Kier molecular flexibility index (Phi) is 5.62. The summed E-state index contributed by atoms with van der Waals surface area (Å²) >= 11 is 6.37. The summed E-state index contributed by atoms with van der Waals surface area (Å²) in [7, 11) is 0. The quantitative estimate of drug-likeness (QED) is 0.834. The van der Waals surface area contributed by atoms with Gasteiger partial charge in [-0.25, -0.2) is 0 Å². The Morgan fingerprint density at radius 3 is 2.70 bits per heavy atom. The van der Waals surface area contributed by atoms with Gasteiger partial charge in [-0.1, -0.05) is 43.6 Å². The lowest BCUT2D eigenvalue weighted by Gasteiger charge is -2.21. The molecule has 2 aromatic rings. The van der Waals surface area contributed by atoms with Crippen LogP contribution in [0, 0.1) is 0 Å². The Balaban J connectivity index is 2.37. The summed E-state index contributed by atoms with van der Waals surface area (Å²) in [6.07, 6.45) is 4.02. The number of aromatic nitrogens is 2. The fourth-order valence-electron chi connectivity index (χ4n) is 2.36. The van der Waals surface area contributed by atoms with Crippen molar-refractivity contribution in [3.05, 3.63) is 52.8 Å². The summed E-state index contributed by atoms with van der Waals surface area (Å²) in [5.41, 5.74) is 2.29. The van der Waals surface area contributed by atoms with E-state index in [0.717, 1.165) is 36.5 Å². The van der Waals surface area contributed by atoms with E-state index in [1.165, 1.54) is 5.69 Å². The Morgan fingerprint density at radius 2 is 2.00 bits per heavy atom. The van der Waals surface area contributed by atoms with Crippen LogP contribution < -0.4 is 5.32 Å². The number of benzene rings is 1. The molecule has 0 saturated heterocycles. The van der Waals surface area contributed by atoms with E-state index in [1.54, 1.807) is 0 Å². The predicted octanol–water partition coefficient (Wildman–Crippen LogP) is 4.04. The van der Waals surface area contributed by atoms with Crippen molar-refractivity contribution in [2.75, 3.05) is 6.54 Å². The first kappa shape index (κ1) is 15.1. The van der Waals surface area contributed by atoms with Crippen molar-refractivity contribution in [1.29, 1.82) is 0 Å². The second-order valence-corrected chi connectivity index (χ2v) is 5.30. The zero-order valence-corrected chi connectivity index (χ0v) is 12.9. The summed E-state index contributed by atoms with van der Waals surface area (Å²) in [5, 5.41) is 8.80. The van der Waals surface area contributed by atoms with Gasteiger partial charge in [-0.3, -0.25) is 4.68 Å². The summed E-state index contributed by atoms with van der Waals surface area (Å²) < 4.78 is 2.07. The number of hydrogen-bond donors (Lipinski definition) is 1. The van der Waals surface area contributed by atoms with Crippen LogP contribution >= 0.6 is 11.6 Å². The summed E-state index contributed by atoms with van der Waals surface area (Å²) in [4.78, 5) is 0. The van der Waals surface area contributed by atoms with Crippen LogP contribution in [-0.2, 0) is 6.54 Å². The molecular weight excluding hydrogens is 270 g/mol. The first-order valence-electron chi connectivity index (χ1n) is 7.27. The van der Waals surface area contributed by atoms with Gasteiger partial charge < -0.3 is 5.32 Å². The van der Waals surface area contributed by atoms with Crippen molar-refractivity contribution in [2.45, 2.75) is 39.3 Å². The van der Waals surface area contributed by atoms with Crippen molar-refractivity contribution in [3.8, 4) is 0 Å². The van der Waals surface area contributed by atoms with Crippen molar-refractivity contribution >= 4 is 11.6 Å². The zero-order chi connectivity index (χ0) is 14.4. The van der Waals surface area contributed by atoms with E-state index in [4.69, 9.17) is 11.6 Å². The molecule has 0 spiro atoms. The van der Waals surface area contributed by atoms with Crippen LogP contribution in [0.4, 0.5) is 0 Å². The molecule has 1 aromatic carbocycles. The molecule has 0 bridgehead atoms. The lowest BCUT2D eigenvalue weighted by molar-refractivity contribution is 0.511. The van der Waals surface area contributed by atoms with Crippen molar-refractivity contribution < 1.29 is 0 Å². The Hall–Kier alpha value is -1.32. The fraction of sp³-hybridized carbons (Fsp3) is 0.438. The predicted molar refractivity (Wildman–Crippen MR) is 84.1 cm³/mol. The van der Waals surface area contributed by atoms with Crippen LogP contribution in [0.5, 0.6) is 0 Å². The second-order valence-electron chi connectivity index (χ2n) is 4.89. The number of aryl methyl sites for hydroxylation is 1. The molecule has 3 nitrogen and oxygen atoms in total. The normalized spacial score (nSPS) is 12.6. The molecule has 4 heteroatoms. The van der Waals surface area contributed by atoms with E-state index >= 15 is 0 Å². The minimum Gasteiger partial charge on any atom is -0.305 e. The van der Waals surface area contributed by atoms with E-state index < -0.39 is 0 Å². The molecule has 0 radical (unpaired) electrons. The first-order chi connectivity index (χ1) is 9.77. The number of nitrogens with one attached hydrogen (secondary N) is 1. The largest absolute Gasteiger partial charge is 0.305 e. The molecule has 1 aromatic heterocycles. The highest BCUT2D eigenvalue weighted by Gasteiger charge is 2.19. The van der Waals surface area contributed by atoms with Gasteiger partial charge >= 0.3 is 0 Å². The highest BCUT2D eigenvalue weighted by molar-refractivity contribution is 6.31. The van der Waals surface area contributed by atoms with Crippen molar-refractivity contribution in [1.82, 2.24) is 15.1 Å². The van der Waals surface area contributed by atoms with E-state index in [0.29, 0.717) is 0 Å². The van der Waals surface area contributed by atoms with Gasteiger partial charge in [-0.2, -0.15) is 5.10 Å². The number of rotatable bonds is 7. The fourth-order valence-corrected chi connectivity index (χ4v) is 2.60. The van der Waals surface area contributed by atoms with Gasteiger partial charge in [0.15, 0.2) is 0 Å². The Bertz CT molecular complexity index is 536. The van der Waals surface area contributed by atoms with Gasteiger partial charge in [0.1, 0.15) is 0 Å². The molecule has 1 heterocycles. The summed E-state index contributed by atoms with van der Waals surface area (Å²) in [5.74, 6) is 0. The smallest absolute Gasteiger partial charge is 0.0762 e. The first-order valence-corrected chi connectivity index (χ1v) is 7.65. The minimum atomic E-state index is 0.0951. The van der Waals surface area contributed by atoms with E-state index in [1.807, 2.05) is 24.4 Å². The second kappa shape index (κ2) is 7.46. The van der Waals surface area contributed by atoms with Crippen LogP contribution in [0.2, 0.25) is 5.02 Å². The monoisotopic (exact) mass is 291 g/mol. The third-order valence-corrected chi connectivity index (χ3v) is 3.64. The molecule has 0 saturated carbocycles. The lowest BCUT2D eigenvalue weighted by atomic mass is 10.0. The molecular formula is C16H22ClN3. The maximum absolute atomic E-state index is 6.37. The summed E-state index contributed by atoms with van der Waals surface area (Å²) in [6, 6.07) is 10.2. The highest BCUT2D eigenvalue weighted by Crippen LogP contribution is 2.28. The molecule has 2 rings (SSSR count). The topological polar surface area (TPSA) is 29.9 Å². The van der Waals surface area contributed by atoms with Gasteiger partial charge in [0.2, 0.25) is 0 Å². The highest BCUT2D eigenvalue weighted by atomic mass is 35.5. The Labute approximate surface area is 126 Å². The molecule has 0 aliphatic heterocycles. The van der Waals surface area contributed by atoms with Crippen LogP contribution in [-0.4, -0.2) is 16.3 Å². The SMILES string of the molecule is CCCNC(c1ccccc1Cl)c1ccnn1CCC. The van der Waals surface area contributed by atoms with Crippen LogP contribution in [0.25, 0.3) is 0 Å².